The van der Waals surface area contributed by atoms with Crippen molar-refractivity contribution < 1.29 is 9.47 Å². The molecule has 0 aromatic rings. The Bertz CT molecular complexity index is 96.9. The van der Waals surface area contributed by atoms with E-state index in [1.54, 1.807) is 0 Å². The van der Waals surface area contributed by atoms with Crippen LogP contribution in [-0.2, 0) is 9.47 Å². The van der Waals surface area contributed by atoms with E-state index in [0.29, 0.717) is 24.0 Å². The molecule has 0 fully saturated rings. The van der Waals surface area contributed by atoms with Crippen LogP contribution < -0.4 is 0 Å². The second kappa shape index (κ2) is 14.0. The molecule has 0 amide bonds. The zero-order valence-corrected chi connectivity index (χ0v) is 12.5. The molecule has 0 radical (unpaired) electrons. The Hall–Kier alpha value is -0.0800. The summed E-state index contributed by atoms with van der Waals surface area (Å²) in [5.41, 5.74) is 0. The first kappa shape index (κ1) is 22.1. The lowest BCUT2D eigenvalue weighted by Gasteiger charge is -2.08. The fraction of sp³-hybridized carbons (Fsp3) is 1.00. The topological polar surface area (TPSA) is 18.5 Å². The van der Waals surface area contributed by atoms with Gasteiger partial charge in [-0.1, -0.05) is 35.1 Å². The van der Waals surface area contributed by atoms with E-state index in [1.165, 1.54) is 0 Å². The monoisotopic (exact) mass is 248 g/mol. The highest BCUT2D eigenvalue weighted by molar-refractivity contribution is 4.42. The van der Waals surface area contributed by atoms with Gasteiger partial charge in [0, 0.05) is 13.2 Å². The highest BCUT2D eigenvalue weighted by atomic mass is 16.5. The molecule has 0 spiro atoms. The molecule has 0 aromatic carbocycles. The Labute approximate surface area is 110 Å². The van der Waals surface area contributed by atoms with Crippen molar-refractivity contribution >= 4 is 0 Å². The van der Waals surface area contributed by atoms with Crippen LogP contribution >= 0.6 is 0 Å². The van der Waals surface area contributed by atoms with E-state index in [1.807, 2.05) is 0 Å². The molecular formula is C15H36O2. The minimum Gasteiger partial charge on any atom is -0.379 e. The third-order valence-corrected chi connectivity index (χ3v) is 1.53. The maximum absolute atomic E-state index is 5.30. The van der Waals surface area contributed by atoms with Crippen molar-refractivity contribution in [2.24, 2.45) is 11.8 Å². The molecule has 17 heavy (non-hydrogen) atoms. The largest absolute Gasteiger partial charge is 0.379 e. The van der Waals surface area contributed by atoms with Crippen molar-refractivity contribution in [3.8, 4) is 0 Å². The molecule has 0 rings (SSSR count). The van der Waals surface area contributed by atoms with Gasteiger partial charge in [0.25, 0.3) is 0 Å². The summed E-state index contributed by atoms with van der Waals surface area (Å²) < 4.78 is 10.6. The molecule has 0 aromatic heterocycles. The molecular weight excluding hydrogens is 212 g/mol. The summed E-state index contributed by atoms with van der Waals surface area (Å²) in [5, 5.41) is 0. The highest BCUT2D eigenvalue weighted by Crippen LogP contribution is 1.96. The molecule has 0 heterocycles. The van der Waals surface area contributed by atoms with Crippen LogP contribution in [0.3, 0.4) is 0 Å². The average Bonchev–Trinajstić information content (AvgIpc) is 2.12. The smallest absolute Gasteiger partial charge is 0.0518 e. The van der Waals surface area contributed by atoms with Crippen LogP contribution in [0.4, 0.5) is 0 Å². The second-order valence-corrected chi connectivity index (χ2v) is 5.55. The van der Waals surface area contributed by atoms with E-state index >= 15 is 0 Å². The van der Waals surface area contributed by atoms with Crippen molar-refractivity contribution in [1.29, 1.82) is 0 Å². The van der Waals surface area contributed by atoms with Gasteiger partial charge in [-0.3, -0.25) is 0 Å². The van der Waals surface area contributed by atoms with Gasteiger partial charge in [-0.25, -0.2) is 0 Å². The normalized spacial score (nSPS) is 10.6. The molecule has 0 unspecified atom stereocenters. The number of hydrogen-bond acceptors (Lipinski definition) is 2. The van der Waals surface area contributed by atoms with Crippen LogP contribution in [0.5, 0.6) is 0 Å². The van der Waals surface area contributed by atoms with E-state index < -0.39 is 0 Å². The minimum absolute atomic E-state index is 0. The van der Waals surface area contributed by atoms with Crippen molar-refractivity contribution in [3.63, 3.8) is 0 Å². The lowest BCUT2D eigenvalue weighted by atomic mass is 10.2. The molecule has 0 aliphatic rings. The van der Waals surface area contributed by atoms with Crippen LogP contribution in [0.25, 0.3) is 0 Å². The molecule has 2 heteroatoms. The number of rotatable bonds is 6. The van der Waals surface area contributed by atoms with Crippen LogP contribution in [0.15, 0.2) is 0 Å². The highest BCUT2D eigenvalue weighted by Gasteiger charge is 1.95. The van der Waals surface area contributed by atoms with Gasteiger partial charge in [0.1, 0.15) is 0 Å². The molecule has 108 valence electrons. The molecule has 0 saturated heterocycles. The molecule has 2 nitrogen and oxygen atoms in total. The van der Waals surface area contributed by atoms with Gasteiger partial charge in [-0.15, -0.1) is 0 Å². The third kappa shape index (κ3) is 31.3. The van der Waals surface area contributed by atoms with Crippen molar-refractivity contribution in [2.75, 3.05) is 13.2 Å². The molecule has 0 bridgehead atoms. The number of ether oxygens (including phenoxy) is 2. The summed E-state index contributed by atoms with van der Waals surface area (Å²) in [6, 6.07) is 0. The molecule has 0 saturated carbocycles. The van der Waals surface area contributed by atoms with Gasteiger partial charge in [-0.2, -0.15) is 0 Å². The Balaban J connectivity index is -0.000000218. The molecule has 0 atom stereocenters. The van der Waals surface area contributed by atoms with E-state index in [0.717, 1.165) is 13.2 Å². The van der Waals surface area contributed by atoms with Crippen LogP contribution in [0.2, 0.25) is 0 Å². The van der Waals surface area contributed by atoms with E-state index in [2.05, 4.69) is 55.4 Å². The quantitative estimate of drug-likeness (QED) is 0.674. The summed E-state index contributed by atoms with van der Waals surface area (Å²) in [6.07, 6.45) is 0.773. The Kier molecular flexibility index (Phi) is 18.2. The van der Waals surface area contributed by atoms with E-state index in [4.69, 9.17) is 9.47 Å². The Morgan fingerprint density at radius 3 is 0.882 bits per heavy atom. The van der Waals surface area contributed by atoms with Gasteiger partial charge in [-0.05, 0) is 39.5 Å². The first-order chi connectivity index (χ1) is 7.25. The summed E-state index contributed by atoms with van der Waals surface area (Å²) in [6.45, 7) is 18.6. The minimum atomic E-state index is 0. The zero-order chi connectivity index (χ0) is 13.1. The Morgan fingerprint density at radius 1 is 0.588 bits per heavy atom. The fourth-order valence-corrected chi connectivity index (χ4v) is 0.770. The summed E-state index contributed by atoms with van der Waals surface area (Å²) in [4.78, 5) is 0. The first-order valence-electron chi connectivity index (χ1n) is 6.48. The SMILES string of the molecule is C.CC(C)COC(C)C.CC(C)COC(C)C. The average molecular weight is 248 g/mol. The van der Waals surface area contributed by atoms with Gasteiger partial charge in [0.2, 0.25) is 0 Å². The Morgan fingerprint density at radius 2 is 0.824 bits per heavy atom. The summed E-state index contributed by atoms with van der Waals surface area (Å²) >= 11 is 0. The van der Waals surface area contributed by atoms with Gasteiger partial charge in [0.05, 0.1) is 12.2 Å². The van der Waals surface area contributed by atoms with Crippen molar-refractivity contribution in [1.82, 2.24) is 0 Å². The maximum Gasteiger partial charge on any atom is 0.0518 e. The number of hydrogen-bond donors (Lipinski definition) is 0. The third-order valence-electron chi connectivity index (χ3n) is 1.53. The molecule has 0 aliphatic carbocycles. The fourth-order valence-electron chi connectivity index (χ4n) is 0.770. The van der Waals surface area contributed by atoms with Gasteiger partial charge < -0.3 is 9.47 Å². The molecule has 0 N–H and O–H groups in total. The predicted octanol–water partition coefficient (Wildman–Crippen LogP) is 4.77. The van der Waals surface area contributed by atoms with Crippen LogP contribution in [-0.4, -0.2) is 25.4 Å². The van der Waals surface area contributed by atoms with E-state index in [-0.39, 0.29) is 7.43 Å². The lowest BCUT2D eigenvalue weighted by Crippen LogP contribution is -2.08. The first-order valence-corrected chi connectivity index (χ1v) is 6.48. The maximum atomic E-state index is 5.30. The van der Waals surface area contributed by atoms with Gasteiger partial charge in [0.15, 0.2) is 0 Å². The standard InChI is InChI=1S/2C7H16O.CH4/c2*1-6(2)5-8-7(3)4;/h2*6-7H,5H2,1-4H3;1H4. The van der Waals surface area contributed by atoms with Crippen LogP contribution in [0, 0.1) is 11.8 Å². The van der Waals surface area contributed by atoms with E-state index in [9.17, 15) is 0 Å². The lowest BCUT2D eigenvalue weighted by molar-refractivity contribution is 0.0591. The summed E-state index contributed by atoms with van der Waals surface area (Å²) in [5.74, 6) is 1.33. The van der Waals surface area contributed by atoms with Crippen molar-refractivity contribution in [3.05, 3.63) is 0 Å². The predicted molar refractivity (Wildman–Crippen MR) is 78.6 cm³/mol. The second-order valence-electron chi connectivity index (χ2n) is 5.55. The molecule has 0 aliphatic heterocycles. The van der Waals surface area contributed by atoms with Crippen LogP contribution in [0.1, 0.15) is 62.8 Å². The summed E-state index contributed by atoms with van der Waals surface area (Å²) in [7, 11) is 0. The van der Waals surface area contributed by atoms with Gasteiger partial charge >= 0.3 is 0 Å². The van der Waals surface area contributed by atoms with Crippen molar-refractivity contribution in [2.45, 2.75) is 75.0 Å². The zero-order valence-electron chi connectivity index (χ0n) is 12.5.